The summed E-state index contributed by atoms with van der Waals surface area (Å²) in [5.74, 6) is -2.11. The molecular weight excluding hydrogens is 526 g/mol. The van der Waals surface area contributed by atoms with E-state index in [4.69, 9.17) is 24.7 Å². The maximum atomic E-state index is 13.0. The van der Waals surface area contributed by atoms with Crippen molar-refractivity contribution >= 4 is 23.9 Å². The third kappa shape index (κ3) is 8.88. The number of nitrogens with two attached hydrogens (primary N) is 1. The average Bonchev–Trinajstić information content (AvgIpc) is 2.93. The number of carbonyl (C=O) groups excluding carboxylic acids is 4. The van der Waals surface area contributed by atoms with Gasteiger partial charge >= 0.3 is 23.9 Å². The lowest BCUT2D eigenvalue weighted by molar-refractivity contribution is -0.148. The van der Waals surface area contributed by atoms with Gasteiger partial charge in [0.05, 0.1) is 23.5 Å². The molecule has 0 aliphatic heterocycles. The lowest BCUT2D eigenvalue weighted by Crippen LogP contribution is -2.53. The normalized spacial score (nSPS) is 13.9. The highest BCUT2D eigenvalue weighted by molar-refractivity contribution is 5.89. The van der Waals surface area contributed by atoms with Gasteiger partial charge in [0.1, 0.15) is 11.6 Å². The SMILES string of the molecule is CCC(C)(C)C(=O)Oc1ccc(CC(N)(C[C@H](C)OC(=O)c2ccccc2)C(=O)OC)cc1OC(=O)C(C)(C)CC. The number of benzene rings is 2. The maximum absolute atomic E-state index is 13.0. The zero-order valence-electron chi connectivity index (χ0n) is 25.4. The molecule has 0 fully saturated rings. The quantitative estimate of drug-likeness (QED) is 0.248. The van der Waals surface area contributed by atoms with Crippen LogP contribution >= 0.6 is 0 Å². The molecule has 2 N–H and O–H groups in total. The fraction of sp³-hybridized carbons (Fsp3) is 0.500. The zero-order chi connectivity index (χ0) is 31.0. The fourth-order valence-electron chi connectivity index (χ4n) is 3.77. The van der Waals surface area contributed by atoms with Gasteiger partial charge in [-0.3, -0.25) is 14.4 Å². The van der Waals surface area contributed by atoms with Crippen molar-refractivity contribution in [3.63, 3.8) is 0 Å². The van der Waals surface area contributed by atoms with E-state index in [1.165, 1.54) is 19.2 Å². The third-order valence-corrected chi connectivity index (χ3v) is 7.37. The molecule has 0 saturated carbocycles. The molecule has 0 aromatic heterocycles. The number of esters is 4. The van der Waals surface area contributed by atoms with Crippen molar-refractivity contribution < 1.29 is 38.1 Å². The van der Waals surface area contributed by atoms with Crippen LogP contribution in [0.2, 0.25) is 0 Å². The second-order valence-electron chi connectivity index (χ2n) is 11.6. The molecule has 9 nitrogen and oxygen atoms in total. The standard InChI is InChI=1S/C32H43NO8/c1-9-30(4,5)27(35)40-24-17-16-22(18-25(24)41-28(36)31(6,7)10-2)20-32(33,29(37)38-8)19-21(3)39-26(34)23-14-12-11-13-15-23/h11-18,21H,9-10,19-20,33H2,1-8H3/t21-,32?/m0/s1. The van der Waals surface area contributed by atoms with Crippen LogP contribution in [0.5, 0.6) is 11.5 Å². The number of methoxy groups -OCH3 is 1. The lowest BCUT2D eigenvalue weighted by Gasteiger charge is -2.30. The van der Waals surface area contributed by atoms with Crippen molar-refractivity contribution in [2.45, 2.75) is 85.8 Å². The Morgan fingerprint density at radius 2 is 1.34 bits per heavy atom. The number of ether oxygens (including phenoxy) is 4. The average molecular weight is 570 g/mol. The predicted molar refractivity (Wildman–Crippen MR) is 154 cm³/mol. The van der Waals surface area contributed by atoms with Gasteiger partial charge in [-0.25, -0.2) is 4.79 Å². The molecule has 2 aromatic rings. The van der Waals surface area contributed by atoms with Crippen LogP contribution in [0.25, 0.3) is 0 Å². The molecule has 0 aliphatic rings. The Morgan fingerprint density at radius 1 is 0.805 bits per heavy atom. The number of hydrogen-bond donors (Lipinski definition) is 1. The van der Waals surface area contributed by atoms with E-state index in [0.717, 1.165) is 0 Å². The summed E-state index contributed by atoms with van der Waals surface area (Å²) in [6.07, 6.45) is 0.258. The van der Waals surface area contributed by atoms with Gasteiger partial charge in [-0.1, -0.05) is 38.1 Å². The second-order valence-corrected chi connectivity index (χ2v) is 11.6. The Kier molecular flexibility index (Phi) is 11.2. The summed E-state index contributed by atoms with van der Waals surface area (Å²) in [6.45, 7) is 12.4. The van der Waals surface area contributed by atoms with Crippen LogP contribution in [0.1, 0.15) is 83.7 Å². The van der Waals surface area contributed by atoms with Gasteiger partial charge in [0, 0.05) is 12.8 Å². The van der Waals surface area contributed by atoms with E-state index in [2.05, 4.69) is 0 Å². The van der Waals surface area contributed by atoms with Crippen LogP contribution in [0.3, 0.4) is 0 Å². The largest absolute Gasteiger partial charge is 0.468 e. The molecule has 2 atom stereocenters. The summed E-state index contributed by atoms with van der Waals surface area (Å²) < 4.78 is 21.9. The molecule has 0 bridgehead atoms. The third-order valence-electron chi connectivity index (χ3n) is 7.37. The molecular formula is C32H43NO8. The van der Waals surface area contributed by atoms with Crippen LogP contribution in [0.15, 0.2) is 48.5 Å². The van der Waals surface area contributed by atoms with Crippen LogP contribution in [0, 0.1) is 10.8 Å². The minimum Gasteiger partial charge on any atom is -0.468 e. The van der Waals surface area contributed by atoms with Crippen LogP contribution in [-0.2, 0) is 30.3 Å². The summed E-state index contributed by atoms with van der Waals surface area (Å²) in [7, 11) is 1.22. The summed E-state index contributed by atoms with van der Waals surface area (Å²) in [5, 5.41) is 0. The molecule has 0 aliphatic carbocycles. The maximum Gasteiger partial charge on any atom is 0.338 e. The molecule has 41 heavy (non-hydrogen) atoms. The number of hydrogen-bond acceptors (Lipinski definition) is 9. The topological polar surface area (TPSA) is 131 Å². The summed E-state index contributed by atoms with van der Waals surface area (Å²) >= 11 is 0. The Hall–Kier alpha value is -3.72. The van der Waals surface area contributed by atoms with Gasteiger partial charge in [0.25, 0.3) is 0 Å². The van der Waals surface area contributed by atoms with E-state index >= 15 is 0 Å². The molecule has 224 valence electrons. The lowest BCUT2D eigenvalue weighted by atomic mass is 9.86. The van der Waals surface area contributed by atoms with Gasteiger partial charge in [-0.15, -0.1) is 0 Å². The first kappa shape index (κ1) is 33.5. The Morgan fingerprint density at radius 3 is 1.85 bits per heavy atom. The van der Waals surface area contributed by atoms with E-state index in [1.54, 1.807) is 71.0 Å². The fourth-order valence-corrected chi connectivity index (χ4v) is 3.77. The number of rotatable bonds is 13. The van der Waals surface area contributed by atoms with Crippen LogP contribution < -0.4 is 15.2 Å². The van der Waals surface area contributed by atoms with Crippen molar-refractivity contribution in [3.05, 3.63) is 59.7 Å². The summed E-state index contributed by atoms with van der Waals surface area (Å²) in [5.41, 5.74) is 4.34. The molecule has 9 heteroatoms. The first-order valence-corrected chi connectivity index (χ1v) is 13.8. The van der Waals surface area contributed by atoms with Crippen molar-refractivity contribution in [1.29, 1.82) is 0 Å². The molecule has 0 heterocycles. The molecule has 0 radical (unpaired) electrons. The summed E-state index contributed by atoms with van der Waals surface area (Å²) in [6, 6.07) is 13.2. The highest BCUT2D eigenvalue weighted by Crippen LogP contribution is 2.35. The van der Waals surface area contributed by atoms with Gasteiger partial charge in [0.15, 0.2) is 11.5 Å². The predicted octanol–water partition coefficient (Wildman–Crippen LogP) is 5.42. The highest BCUT2D eigenvalue weighted by atomic mass is 16.6. The van der Waals surface area contributed by atoms with E-state index in [-0.39, 0.29) is 24.3 Å². The van der Waals surface area contributed by atoms with Gasteiger partial charge in [-0.05, 0) is 77.3 Å². The van der Waals surface area contributed by atoms with E-state index < -0.39 is 46.4 Å². The molecule has 1 unspecified atom stereocenters. The minimum atomic E-state index is -1.59. The molecule has 2 rings (SSSR count). The molecule has 2 aromatic carbocycles. The minimum absolute atomic E-state index is 0.0325. The highest BCUT2D eigenvalue weighted by Gasteiger charge is 2.39. The van der Waals surface area contributed by atoms with Crippen molar-refractivity contribution in [2.24, 2.45) is 16.6 Å². The number of carbonyl (C=O) groups is 4. The van der Waals surface area contributed by atoms with Crippen molar-refractivity contribution in [2.75, 3.05) is 7.11 Å². The monoisotopic (exact) mass is 569 g/mol. The van der Waals surface area contributed by atoms with Gasteiger partial charge < -0.3 is 24.7 Å². The van der Waals surface area contributed by atoms with Crippen molar-refractivity contribution in [3.8, 4) is 11.5 Å². The van der Waals surface area contributed by atoms with E-state index in [1.807, 2.05) is 13.8 Å². The van der Waals surface area contributed by atoms with Gasteiger partial charge in [-0.2, -0.15) is 0 Å². The summed E-state index contributed by atoms with van der Waals surface area (Å²) in [4.78, 5) is 51.2. The Labute approximate surface area is 242 Å². The second kappa shape index (κ2) is 13.8. The van der Waals surface area contributed by atoms with E-state index in [9.17, 15) is 19.2 Å². The smallest absolute Gasteiger partial charge is 0.338 e. The molecule has 0 spiro atoms. The van der Waals surface area contributed by atoms with Crippen molar-refractivity contribution in [1.82, 2.24) is 0 Å². The zero-order valence-corrected chi connectivity index (χ0v) is 25.4. The molecule has 0 saturated heterocycles. The van der Waals surface area contributed by atoms with Gasteiger partial charge in [0.2, 0.25) is 0 Å². The van der Waals surface area contributed by atoms with Crippen LogP contribution in [-0.4, -0.2) is 42.6 Å². The first-order chi connectivity index (χ1) is 19.1. The first-order valence-electron chi connectivity index (χ1n) is 13.8. The Bertz CT molecular complexity index is 1240. The van der Waals surface area contributed by atoms with Crippen LogP contribution in [0.4, 0.5) is 0 Å². The molecule has 0 amide bonds. The van der Waals surface area contributed by atoms with E-state index in [0.29, 0.717) is 24.0 Å². The Balaban J connectivity index is 2.39.